The Morgan fingerprint density at radius 2 is 1.97 bits per heavy atom. The van der Waals surface area contributed by atoms with Gasteiger partial charge in [0.2, 0.25) is 0 Å². The van der Waals surface area contributed by atoms with Crippen LogP contribution in [0.15, 0.2) is 29.3 Å². The number of β-amino-alcohol motifs (C(OH)–C–C–N with tert-alkyl or cyclic N) is 1. The molecule has 1 aromatic carbocycles. The molecule has 10 nitrogen and oxygen atoms in total. The van der Waals surface area contributed by atoms with Gasteiger partial charge >= 0.3 is 6.03 Å². The van der Waals surface area contributed by atoms with Gasteiger partial charge in [-0.25, -0.2) is 9.79 Å². The fourth-order valence-corrected chi connectivity index (χ4v) is 4.29. The summed E-state index contributed by atoms with van der Waals surface area (Å²) >= 11 is 6.12. The smallest absolute Gasteiger partial charge is 0.328 e. The van der Waals surface area contributed by atoms with Gasteiger partial charge in [-0.2, -0.15) is 0 Å². The minimum absolute atomic E-state index is 0.00521. The average Bonchev–Trinajstić information content (AvgIpc) is 3.15. The number of hydrogen-bond donors (Lipinski definition) is 2. The van der Waals surface area contributed by atoms with Crippen LogP contribution in [0.1, 0.15) is 0 Å². The number of aliphatic imine (C=N–C) groups is 1. The molecule has 3 unspecified atom stereocenters. The second-order valence-corrected chi connectivity index (χ2v) is 8.27. The van der Waals surface area contributed by atoms with E-state index in [0.717, 1.165) is 31.1 Å². The maximum absolute atomic E-state index is 13.0. The Kier molecular flexibility index (Phi) is 6.22. The summed E-state index contributed by atoms with van der Waals surface area (Å²) in [5, 5.41) is 14.5. The van der Waals surface area contributed by atoms with Crippen molar-refractivity contribution in [1.29, 1.82) is 0 Å². The van der Waals surface area contributed by atoms with E-state index in [1.165, 1.54) is 11.9 Å². The van der Waals surface area contributed by atoms with E-state index in [1.54, 1.807) is 36.2 Å². The van der Waals surface area contributed by atoms with Crippen molar-refractivity contribution in [2.75, 3.05) is 53.4 Å². The number of piperazine rings is 1. The lowest BCUT2D eigenvalue weighted by atomic mass is 10.1. The lowest BCUT2D eigenvalue weighted by Crippen LogP contribution is -2.65. The number of nitrogens with zero attached hydrogens (tertiary/aromatic N) is 5. The van der Waals surface area contributed by atoms with E-state index in [-0.39, 0.29) is 25.1 Å². The van der Waals surface area contributed by atoms with E-state index in [4.69, 9.17) is 21.3 Å². The van der Waals surface area contributed by atoms with Crippen LogP contribution in [0.5, 0.6) is 5.75 Å². The van der Waals surface area contributed by atoms with Crippen LogP contribution in [0.4, 0.5) is 4.79 Å². The minimum atomic E-state index is -0.899. The molecule has 2 N–H and O–H groups in total. The number of carbonyl (C=O) groups is 2. The summed E-state index contributed by atoms with van der Waals surface area (Å²) in [6.45, 7) is 3.18. The molecule has 3 amide bonds. The first-order chi connectivity index (χ1) is 14.9. The molecular formula is C20H27ClN6O4. The maximum atomic E-state index is 13.0. The van der Waals surface area contributed by atoms with Crippen LogP contribution in [-0.4, -0.2) is 114 Å². The van der Waals surface area contributed by atoms with E-state index in [2.05, 4.69) is 10.2 Å². The molecule has 0 radical (unpaired) electrons. The molecule has 0 bridgehead atoms. The summed E-state index contributed by atoms with van der Waals surface area (Å²) in [7, 11) is 3.11. The normalized spacial score (nSPS) is 25.0. The number of carbonyl (C=O) groups excluding carboxylic acids is 2. The van der Waals surface area contributed by atoms with Gasteiger partial charge in [-0.1, -0.05) is 23.7 Å². The van der Waals surface area contributed by atoms with Crippen LogP contribution < -0.4 is 10.1 Å². The monoisotopic (exact) mass is 450 g/mol. The Bertz CT molecular complexity index is 877. The fraction of sp³-hybridized carbons (Fsp3) is 0.550. The number of urea groups is 1. The Morgan fingerprint density at radius 3 is 2.68 bits per heavy atom. The van der Waals surface area contributed by atoms with Gasteiger partial charge in [-0.05, 0) is 12.1 Å². The minimum Gasteiger partial charge on any atom is -0.489 e. The molecule has 4 rings (SSSR count). The van der Waals surface area contributed by atoms with E-state index in [9.17, 15) is 14.7 Å². The first kappa shape index (κ1) is 21.7. The van der Waals surface area contributed by atoms with Gasteiger partial charge in [0.1, 0.15) is 18.5 Å². The number of amides is 3. The van der Waals surface area contributed by atoms with Crippen molar-refractivity contribution in [3.8, 4) is 5.75 Å². The number of benzene rings is 1. The quantitative estimate of drug-likeness (QED) is 0.644. The molecule has 1 aromatic rings. The third kappa shape index (κ3) is 4.15. The largest absolute Gasteiger partial charge is 0.489 e. The predicted molar refractivity (Wildman–Crippen MR) is 115 cm³/mol. The highest BCUT2D eigenvalue weighted by Gasteiger charge is 2.52. The standard InChI is InChI=1S/C20H27ClN6O4/c1-24-17-16(18(29)25(2)20(24)30)27(19(23-17)26-9-7-22-8-10-26)11-13(28)12-31-15-6-4-3-5-14(15)21/h3-6,13,16-17,22,28H,7-12H2,1-2H3. The highest BCUT2D eigenvalue weighted by molar-refractivity contribution is 6.32. The van der Waals surface area contributed by atoms with Gasteiger partial charge in [0.25, 0.3) is 5.91 Å². The SMILES string of the molecule is CN1C(=O)C2C(N=C(N3CCNCC3)N2CC(O)COc2ccccc2Cl)N(C)C1=O. The van der Waals surface area contributed by atoms with Gasteiger partial charge in [-0.3, -0.25) is 9.69 Å². The first-order valence-corrected chi connectivity index (χ1v) is 10.7. The van der Waals surface area contributed by atoms with Crippen molar-refractivity contribution in [2.24, 2.45) is 4.99 Å². The highest BCUT2D eigenvalue weighted by atomic mass is 35.5. The number of guanidine groups is 1. The average molecular weight is 451 g/mol. The van der Waals surface area contributed by atoms with E-state index in [1.807, 2.05) is 0 Å². The highest BCUT2D eigenvalue weighted by Crippen LogP contribution is 2.29. The molecule has 2 saturated heterocycles. The topological polar surface area (TPSA) is 101 Å². The van der Waals surface area contributed by atoms with Crippen molar-refractivity contribution in [1.82, 2.24) is 24.9 Å². The fourth-order valence-electron chi connectivity index (χ4n) is 4.10. The summed E-state index contributed by atoms with van der Waals surface area (Å²) in [4.78, 5) is 36.6. The Labute approximate surface area is 186 Å². The molecule has 31 heavy (non-hydrogen) atoms. The number of halogens is 1. The number of hydrogen-bond acceptors (Lipinski definition) is 8. The van der Waals surface area contributed by atoms with Crippen LogP contribution in [-0.2, 0) is 4.79 Å². The number of imide groups is 1. The molecule has 0 aromatic heterocycles. The van der Waals surface area contributed by atoms with Gasteiger partial charge < -0.3 is 29.9 Å². The molecule has 168 valence electrons. The third-order valence-electron chi connectivity index (χ3n) is 5.77. The molecule has 0 saturated carbocycles. The molecule has 3 atom stereocenters. The molecule has 2 fully saturated rings. The molecule has 11 heteroatoms. The summed E-state index contributed by atoms with van der Waals surface area (Å²) < 4.78 is 5.68. The zero-order chi connectivity index (χ0) is 22.1. The number of rotatable bonds is 5. The number of aliphatic hydroxyl groups excluding tert-OH is 1. The van der Waals surface area contributed by atoms with Crippen molar-refractivity contribution >= 4 is 29.5 Å². The van der Waals surface area contributed by atoms with E-state index >= 15 is 0 Å². The summed E-state index contributed by atoms with van der Waals surface area (Å²) in [6, 6.07) is 5.97. The molecule has 0 aliphatic carbocycles. The number of aliphatic hydroxyl groups is 1. The zero-order valence-corrected chi connectivity index (χ0v) is 18.3. The van der Waals surface area contributed by atoms with Crippen molar-refractivity contribution in [3.63, 3.8) is 0 Å². The lowest BCUT2D eigenvalue weighted by Gasteiger charge is -2.41. The summed E-state index contributed by atoms with van der Waals surface area (Å²) in [6.07, 6.45) is -1.53. The van der Waals surface area contributed by atoms with Crippen molar-refractivity contribution in [2.45, 2.75) is 18.3 Å². The molecule has 3 aliphatic heterocycles. The van der Waals surface area contributed by atoms with Gasteiger partial charge in [0.15, 0.2) is 18.2 Å². The number of fused-ring (bicyclic) bond motifs is 1. The number of ether oxygens (including phenoxy) is 1. The van der Waals surface area contributed by atoms with E-state index in [0.29, 0.717) is 16.7 Å². The Balaban J connectivity index is 1.53. The zero-order valence-electron chi connectivity index (χ0n) is 17.6. The number of nitrogens with one attached hydrogen (secondary N) is 1. The van der Waals surface area contributed by atoms with Crippen LogP contribution >= 0.6 is 11.6 Å². The van der Waals surface area contributed by atoms with Gasteiger partial charge in [0, 0.05) is 40.3 Å². The molecule has 3 heterocycles. The number of para-hydroxylation sites is 1. The van der Waals surface area contributed by atoms with Gasteiger partial charge in [-0.15, -0.1) is 0 Å². The van der Waals surface area contributed by atoms with Crippen LogP contribution in [0, 0.1) is 0 Å². The Morgan fingerprint density at radius 1 is 1.26 bits per heavy atom. The van der Waals surface area contributed by atoms with Gasteiger partial charge in [0.05, 0.1) is 11.6 Å². The van der Waals surface area contributed by atoms with Crippen LogP contribution in [0.25, 0.3) is 0 Å². The first-order valence-electron chi connectivity index (χ1n) is 10.3. The van der Waals surface area contributed by atoms with Crippen LogP contribution in [0.2, 0.25) is 5.02 Å². The second-order valence-electron chi connectivity index (χ2n) is 7.86. The van der Waals surface area contributed by atoms with Crippen molar-refractivity contribution < 1.29 is 19.4 Å². The molecular weight excluding hydrogens is 424 g/mol. The molecule has 3 aliphatic rings. The van der Waals surface area contributed by atoms with E-state index < -0.39 is 18.3 Å². The second kappa shape index (κ2) is 8.89. The lowest BCUT2D eigenvalue weighted by molar-refractivity contribution is -0.136. The van der Waals surface area contributed by atoms with Crippen LogP contribution in [0.3, 0.4) is 0 Å². The predicted octanol–water partition coefficient (Wildman–Crippen LogP) is -0.125. The van der Waals surface area contributed by atoms with Crippen molar-refractivity contribution in [3.05, 3.63) is 29.3 Å². The molecule has 0 spiro atoms. The Hall–Kier alpha value is -2.56. The summed E-state index contributed by atoms with van der Waals surface area (Å²) in [5.74, 6) is 0.773. The summed E-state index contributed by atoms with van der Waals surface area (Å²) in [5.41, 5.74) is 0. The maximum Gasteiger partial charge on any atom is 0.328 e. The third-order valence-corrected chi connectivity index (χ3v) is 6.08. The number of likely N-dealkylation sites (N-methyl/N-ethyl adjacent to an activating group) is 2.